The Hall–Kier alpha value is -8.71. The average molecular weight is 1120 g/mol. The van der Waals surface area contributed by atoms with Gasteiger partial charge in [-0.15, -0.1) is 0 Å². The van der Waals surface area contributed by atoms with Crippen molar-refractivity contribution in [1.82, 2.24) is 39.9 Å². The minimum atomic E-state index is -0.889. The van der Waals surface area contributed by atoms with Gasteiger partial charge in [-0.2, -0.15) is 0 Å². The second-order valence-electron chi connectivity index (χ2n) is 19.6. The Balaban J connectivity index is 0.750. The number of hydrogen-bond donors (Lipinski definition) is 5. The molecule has 8 amide bonds. The summed E-state index contributed by atoms with van der Waals surface area (Å²) in [6.07, 6.45) is 10.1. The third kappa shape index (κ3) is 16.7. The Bertz CT molecular complexity index is 3000. The standard InChI is InChI=1S/C56H69N11O14/c1-35(2)51(63-48(70)18-25-78-27-28-79-26-20-57-46(68)17-22-67-49(71)15-16-50(67)72)56(76)81-24-8-19-58-53(73)42-29-37(33-64(42)3)36-11-13-38(14-12-36)60-54(74)52-62-45(34-65(52)4)61-47(69)10-7-23-80-44-31-41-40(30-43(44)77-5)55(75)66-21-6-9-39(66)32-59-41/h11-16,29-35,39,51H,6-10,17-28H2,1-5H3,(H,57,68)(H,58,73)(H,60,74)(H,61,69)(H,63,70)/t39-,51-/m0/s1. The largest absolute Gasteiger partial charge is 0.493 e. The van der Waals surface area contributed by atoms with E-state index in [9.17, 15) is 43.2 Å². The number of anilines is 2. The van der Waals surface area contributed by atoms with Crippen LogP contribution in [0.2, 0.25) is 0 Å². The first-order valence-corrected chi connectivity index (χ1v) is 26.8. The zero-order chi connectivity index (χ0) is 58.0. The number of ether oxygens (including phenoxy) is 5. The van der Waals surface area contributed by atoms with E-state index in [-0.39, 0.29) is 126 Å². The highest BCUT2D eigenvalue weighted by atomic mass is 16.5. The lowest BCUT2D eigenvalue weighted by Crippen LogP contribution is -2.45. The summed E-state index contributed by atoms with van der Waals surface area (Å²) >= 11 is 0. The van der Waals surface area contributed by atoms with Gasteiger partial charge in [-0.1, -0.05) is 26.0 Å². The Morgan fingerprint density at radius 3 is 2.22 bits per heavy atom. The van der Waals surface area contributed by atoms with Crippen LogP contribution in [0.25, 0.3) is 11.1 Å². The van der Waals surface area contributed by atoms with Crippen LogP contribution in [-0.2, 0) is 57.1 Å². The van der Waals surface area contributed by atoms with Crippen molar-refractivity contribution < 1.29 is 66.8 Å². The van der Waals surface area contributed by atoms with E-state index in [1.54, 1.807) is 93.6 Å². The molecule has 5 N–H and O–H groups in total. The predicted octanol–water partition coefficient (Wildman–Crippen LogP) is 3.46. The van der Waals surface area contributed by atoms with Gasteiger partial charge >= 0.3 is 5.97 Å². The highest BCUT2D eigenvalue weighted by molar-refractivity contribution is 6.13. The van der Waals surface area contributed by atoms with Gasteiger partial charge in [0.2, 0.25) is 23.5 Å². The fraction of sp³-hybridized carbons (Fsp3) is 0.446. The molecule has 432 valence electrons. The van der Waals surface area contributed by atoms with Gasteiger partial charge in [0.05, 0.1) is 64.0 Å². The Morgan fingerprint density at radius 2 is 1.48 bits per heavy atom. The van der Waals surface area contributed by atoms with Crippen LogP contribution in [0.3, 0.4) is 0 Å². The summed E-state index contributed by atoms with van der Waals surface area (Å²) in [7, 11) is 4.89. The van der Waals surface area contributed by atoms with Crippen molar-refractivity contribution in [1.29, 1.82) is 0 Å². The van der Waals surface area contributed by atoms with E-state index in [0.717, 1.165) is 41.0 Å². The first-order valence-electron chi connectivity index (χ1n) is 26.8. The number of hydrogen-bond acceptors (Lipinski definition) is 16. The number of imidazole rings is 1. The molecule has 1 saturated heterocycles. The Labute approximate surface area is 468 Å². The van der Waals surface area contributed by atoms with E-state index >= 15 is 0 Å². The van der Waals surface area contributed by atoms with Gasteiger partial charge in [0.1, 0.15) is 11.7 Å². The molecule has 25 heteroatoms. The van der Waals surface area contributed by atoms with Crippen molar-refractivity contribution in [2.45, 2.75) is 70.9 Å². The second-order valence-corrected chi connectivity index (χ2v) is 19.6. The Kier molecular flexibility index (Phi) is 21.4. The van der Waals surface area contributed by atoms with Crippen LogP contribution < -0.4 is 36.1 Å². The Morgan fingerprint density at radius 1 is 0.728 bits per heavy atom. The van der Waals surface area contributed by atoms with Crippen LogP contribution >= 0.6 is 0 Å². The quantitative estimate of drug-likeness (QED) is 0.0284. The van der Waals surface area contributed by atoms with Gasteiger partial charge in [0, 0.05) is 108 Å². The molecule has 1 fully saturated rings. The molecule has 7 rings (SSSR count). The molecule has 0 saturated carbocycles. The second kappa shape index (κ2) is 29.0. The van der Waals surface area contributed by atoms with Crippen LogP contribution in [0.4, 0.5) is 17.2 Å². The van der Waals surface area contributed by atoms with Gasteiger partial charge in [-0.05, 0) is 61.4 Å². The smallest absolute Gasteiger partial charge is 0.328 e. The lowest BCUT2D eigenvalue weighted by Gasteiger charge is -2.21. The molecule has 3 aliphatic heterocycles. The van der Waals surface area contributed by atoms with Crippen LogP contribution in [-0.4, -0.2) is 168 Å². The fourth-order valence-corrected chi connectivity index (χ4v) is 8.93. The van der Waals surface area contributed by atoms with Crippen molar-refractivity contribution in [3.63, 3.8) is 0 Å². The lowest BCUT2D eigenvalue weighted by atomic mass is 10.0. The van der Waals surface area contributed by atoms with Gasteiger partial charge < -0.3 is 64.3 Å². The highest BCUT2D eigenvalue weighted by Gasteiger charge is 2.33. The van der Waals surface area contributed by atoms with Gasteiger partial charge in [0.15, 0.2) is 17.3 Å². The molecule has 2 aromatic carbocycles. The maximum atomic E-state index is 13.3. The number of methoxy groups -OCH3 is 1. The minimum absolute atomic E-state index is 0.00174. The zero-order valence-electron chi connectivity index (χ0n) is 46.1. The van der Waals surface area contributed by atoms with Crippen molar-refractivity contribution >= 4 is 76.6 Å². The van der Waals surface area contributed by atoms with Crippen molar-refractivity contribution in [2.24, 2.45) is 25.0 Å². The first-order chi connectivity index (χ1) is 39.0. The maximum absolute atomic E-state index is 13.3. The molecule has 2 atom stereocenters. The van der Waals surface area contributed by atoms with E-state index in [1.165, 1.54) is 11.7 Å². The van der Waals surface area contributed by atoms with Crippen LogP contribution in [0.15, 0.2) is 72.0 Å². The minimum Gasteiger partial charge on any atom is -0.493 e. The third-order valence-corrected chi connectivity index (χ3v) is 13.3. The molecule has 4 aromatic rings. The van der Waals surface area contributed by atoms with E-state index in [0.29, 0.717) is 53.5 Å². The number of carbonyl (C=O) groups excluding carboxylic acids is 9. The number of nitrogens with one attached hydrogen (secondary N) is 5. The molecule has 3 aliphatic rings. The number of fused-ring (bicyclic) bond motifs is 2. The number of carbonyl (C=O) groups is 9. The molecule has 81 heavy (non-hydrogen) atoms. The molecular formula is C56H69N11O14. The van der Waals surface area contributed by atoms with E-state index < -0.39 is 35.6 Å². The summed E-state index contributed by atoms with van der Waals surface area (Å²) in [5.41, 5.74) is 3.40. The van der Waals surface area contributed by atoms with Crippen molar-refractivity contribution in [3.05, 3.63) is 84.1 Å². The summed E-state index contributed by atoms with van der Waals surface area (Å²) in [5.74, 6) is -2.62. The molecule has 0 unspecified atom stereocenters. The van der Waals surface area contributed by atoms with Crippen LogP contribution in [0.1, 0.15) is 90.3 Å². The number of rotatable bonds is 30. The maximum Gasteiger partial charge on any atom is 0.328 e. The number of aliphatic imine (C=N–C) groups is 1. The highest BCUT2D eigenvalue weighted by Crippen LogP contribution is 2.38. The summed E-state index contributed by atoms with van der Waals surface area (Å²) < 4.78 is 31.0. The van der Waals surface area contributed by atoms with Crippen LogP contribution in [0.5, 0.6) is 11.5 Å². The van der Waals surface area contributed by atoms with Gasteiger partial charge in [-0.25, -0.2) is 9.78 Å². The number of amides is 8. The summed E-state index contributed by atoms with van der Waals surface area (Å²) in [6, 6.07) is 11.2. The number of aromatic nitrogens is 3. The average Bonchev–Trinajstić information content (AvgIpc) is 4.47. The number of nitrogens with zero attached hydrogens (tertiary/aromatic N) is 6. The molecule has 5 heterocycles. The number of aryl methyl sites for hydroxylation is 2. The topological polar surface area (TPSA) is 302 Å². The van der Waals surface area contributed by atoms with Crippen molar-refractivity contribution in [2.75, 3.05) is 83.6 Å². The number of esters is 1. The van der Waals surface area contributed by atoms with E-state index in [4.69, 9.17) is 23.7 Å². The molecule has 0 bridgehead atoms. The summed E-state index contributed by atoms with van der Waals surface area (Å²) in [6.45, 7) is 5.60. The molecule has 2 aromatic heterocycles. The van der Waals surface area contributed by atoms with Gasteiger partial charge in [-0.3, -0.25) is 48.2 Å². The van der Waals surface area contributed by atoms with Gasteiger partial charge in [0.25, 0.3) is 29.5 Å². The molecule has 0 radical (unpaired) electrons. The normalized spacial score (nSPS) is 14.8. The SMILES string of the molecule is COc1cc2c(cc1OCCCC(=O)Nc1cn(C)c(C(=O)Nc3ccc(-c4cc(C(=O)NCCCOC(=O)[C@@H](NC(=O)CCOCCOCCNC(=O)CCN5C(=O)C=CC5=O)C(C)C)n(C)c4)cc3)n1)N=C[C@@H]1CCCN1C2=O. The number of imide groups is 1. The first kappa shape index (κ1) is 59.9. The molecular weight excluding hydrogens is 1050 g/mol. The van der Waals surface area contributed by atoms with Crippen molar-refractivity contribution in [3.8, 4) is 22.6 Å². The lowest BCUT2D eigenvalue weighted by molar-refractivity contribution is -0.149. The fourth-order valence-electron chi connectivity index (χ4n) is 8.93. The van der Waals surface area contributed by atoms with E-state index in [2.05, 4.69) is 36.6 Å². The molecule has 0 spiro atoms. The predicted molar refractivity (Wildman–Crippen MR) is 295 cm³/mol. The number of benzene rings is 2. The molecule has 25 nitrogen and oxygen atoms in total. The zero-order valence-corrected chi connectivity index (χ0v) is 46.1. The van der Waals surface area contributed by atoms with E-state index in [1.807, 2.05) is 4.90 Å². The van der Waals surface area contributed by atoms with Crippen LogP contribution in [0, 0.1) is 5.92 Å². The summed E-state index contributed by atoms with van der Waals surface area (Å²) in [5, 5.41) is 13.8. The third-order valence-electron chi connectivity index (χ3n) is 13.3. The summed E-state index contributed by atoms with van der Waals surface area (Å²) in [4.78, 5) is 125. The monoisotopic (exact) mass is 1120 g/mol. The molecule has 0 aliphatic carbocycles.